The molecule has 0 atom stereocenters. The van der Waals surface area contributed by atoms with E-state index in [4.69, 9.17) is 25.2 Å². The first-order valence-electron chi connectivity index (χ1n) is 12.3. The van der Waals surface area contributed by atoms with Gasteiger partial charge in [0.1, 0.15) is 0 Å². The fraction of sp³-hybridized carbons (Fsp3) is 0.385. The van der Waals surface area contributed by atoms with E-state index in [2.05, 4.69) is 51.0 Å². The maximum absolute atomic E-state index is 5.71. The van der Waals surface area contributed by atoms with Crippen molar-refractivity contribution in [3.05, 3.63) is 47.8 Å². The largest absolute Gasteiger partial charge is 0.379 e. The number of thiophene rings is 1. The Kier molecular flexibility index (Phi) is 6.49. The molecule has 186 valence electrons. The van der Waals surface area contributed by atoms with Gasteiger partial charge in [0.05, 0.1) is 42.2 Å². The van der Waals surface area contributed by atoms with Gasteiger partial charge in [0.15, 0.2) is 11.6 Å². The third-order valence-electron chi connectivity index (χ3n) is 6.69. The van der Waals surface area contributed by atoms with Crippen LogP contribution in [0.3, 0.4) is 0 Å². The number of benzene rings is 1. The van der Waals surface area contributed by atoms with Crippen LogP contribution in [-0.2, 0) is 16.0 Å². The van der Waals surface area contributed by atoms with Crippen LogP contribution in [0.25, 0.3) is 32.0 Å². The molecule has 0 unspecified atom stereocenters. The second kappa shape index (κ2) is 10.1. The van der Waals surface area contributed by atoms with Crippen LogP contribution in [0, 0.1) is 6.92 Å². The number of fused-ring (bicyclic) bond motifs is 1. The SMILES string of the molecule is Cc1c(-c2cccc(CN3CCOCC3)c2)sc2c(N3CCOCC3)nc(-c3cnc(N)nc3)nc12. The topological polar surface area (TPSA) is 103 Å². The van der Waals surface area contributed by atoms with Crippen LogP contribution in [0.4, 0.5) is 11.8 Å². The summed E-state index contributed by atoms with van der Waals surface area (Å²) in [4.78, 5) is 24.3. The van der Waals surface area contributed by atoms with Gasteiger partial charge in [0.2, 0.25) is 5.95 Å². The zero-order chi connectivity index (χ0) is 24.5. The van der Waals surface area contributed by atoms with Crippen molar-refractivity contribution in [1.82, 2.24) is 24.8 Å². The Hall–Kier alpha value is -3.18. The zero-order valence-electron chi connectivity index (χ0n) is 20.3. The van der Waals surface area contributed by atoms with Crippen LogP contribution in [0.15, 0.2) is 36.7 Å². The summed E-state index contributed by atoms with van der Waals surface area (Å²) in [5.41, 5.74) is 11.1. The summed E-state index contributed by atoms with van der Waals surface area (Å²) in [7, 11) is 0. The van der Waals surface area contributed by atoms with E-state index in [-0.39, 0.29) is 5.95 Å². The fourth-order valence-electron chi connectivity index (χ4n) is 4.75. The van der Waals surface area contributed by atoms with Crippen molar-refractivity contribution in [2.75, 3.05) is 63.2 Å². The van der Waals surface area contributed by atoms with E-state index in [9.17, 15) is 0 Å². The molecule has 36 heavy (non-hydrogen) atoms. The van der Waals surface area contributed by atoms with Crippen molar-refractivity contribution in [3.63, 3.8) is 0 Å². The number of nitrogens with zero attached hydrogens (tertiary/aromatic N) is 6. The summed E-state index contributed by atoms with van der Waals surface area (Å²) in [6.07, 6.45) is 3.37. The molecule has 0 saturated carbocycles. The van der Waals surface area contributed by atoms with Gasteiger partial charge in [0.25, 0.3) is 0 Å². The molecule has 2 N–H and O–H groups in total. The molecule has 0 amide bonds. The standard InChI is InChI=1S/C26H29N7O2S/c1-17-21-23(36-22(17)19-4-2-3-18(13-19)16-32-5-9-34-10-6-32)25(33-7-11-35-12-8-33)31-24(30-21)20-14-28-26(27)29-15-20/h2-4,13-15H,5-12,16H2,1H3,(H2,27,28,29). The third-order valence-corrected chi connectivity index (χ3v) is 8.01. The van der Waals surface area contributed by atoms with Crippen LogP contribution in [0.1, 0.15) is 11.1 Å². The van der Waals surface area contributed by atoms with Gasteiger partial charge in [-0.3, -0.25) is 4.90 Å². The van der Waals surface area contributed by atoms with Crippen molar-refractivity contribution in [3.8, 4) is 21.8 Å². The fourth-order valence-corrected chi connectivity index (χ4v) is 6.01. The molecule has 5 heterocycles. The number of morpholine rings is 2. The first-order chi connectivity index (χ1) is 17.7. The maximum atomic E-state index is 5.71. The van der Waals surface area contributed by atoms with Gasteiger partial charge in [-0.2, -0.15) is 0 Å². The lowest BCUT2D eigenvalue weighted by Crippen LogP contribution is -2.36. The van der Waals surface area contributed by atoms with E-state index in [0.29, 0.717) is 19.0 Å². The molecule has 0 aliphatic carbocycles. The molecule has 9 nitrogen and oxygen atoms in total. The van der Waals surface area contributed by atoms with Crippen LogP contribution < -0.4 is 10.6 Å². The zero-order valence-corrected chi connectivity index (χ0v) is 21.1. The Morgan fingerprint density at radius 1 is 0.944 bits per heavy atom. The summed E-state index contributed by atoms with van der Waals surface area (Å²) >= 11 is 1.77. The maximum Gasteiger partial charge on any atom is 0.219 e. The van der Waals surface area contributed by atoms with Gasteiger partial charge in [-0.05, 0) is 29.7 Å². The smallest absolute Gasteiger partial charge is 0.219 e. The predicted molar refractivity (Wildman–Crippen MR) is 142 cm³/mol. The Labute approximate surface area is 213 Å². The monoisotopic (exact) mass is 503 g/mol. The first-order valence-corrected chi connectivity index (χ1v) is 13.1. The average Bonchev–Trinajstić information content (AvgIpc) is 3.26. The van der Waals surface area contributed by atoms with Crippen molar-refractivity contribution in [2.24, 2.45) is 0 Å². The molecule has 2 aliphatic rings. The number of anilines is 2. The van der Waals surface area contributed by atoms with E-state index in [1.54, 1.807) is 23.7 Å². The van der Waals surface area contributed by atoms with Gasteiger partial charge in [-0.1, -0.05) is 18.2 Å². The lowest BCUT2D eigenvalue weighted by atomic mass is 10.1. The molecule has 2 fully saturated rings. The molecular weight excluding hydrogens is 474 g/mol. The van der Waals surface area contributed by atoms with Gasteiger partial charge in [-0.25, -0.2) is 19.9 Å². The van der Waals surface area contributed by atoms with Crippen LogP contribution in [0.2, 0.25) is 0 Å². The number of hydrogen-bond donors (Lipinski definition) is 1. The van der Waals surface area contributed by atoms with Crippen molar-refractivity contribution >= 4 is 33.3 Å². The number of nitrogen functional groups attached to an aromatic ring is 1. The van der Waals surface area contributed by atoms with E-state index in [0.717, 1.165) is 73.1 Å². The molecule has 0 bridgehead atoms. The number of rotatable bonds is 5. The van der Waals surface area contributed by atoms with Crippen molar-refractivity contribution in [2.45, 2.75) is 13.5 Å². The molecular formula is C26H29N7O2S. The molecule has 0 radical (unpaired) electrons. The molecule has 0 spiro atoms. The summed E-state index contributed by atoms with van der Waals surface area (Å²) in [5.74, 6) is 1.79. The molecule has 3 aromatic heterocycles. The lowest BCUT2D eigenvalue weighted by molar-refractivity contribution is 0.0342. The van der Waals surface area contributed by atoms with Crippen molar-refractivity contribution < 1.29 is 9.47 Å². The van der Waals surface area contributed by atoms with Crippen LogP contribution in [0.5, 0.6) is 0 Å². The summed E-state index contributed by atoms with van der Waals surface area (Å²) in [6, 6.07) is 8.86. The number of hydrogen-bond acceptors (Lipinski definition) is 10. The Morgan fingerprint density at radius 2 is 1.67 bits per heavy atom. The summed E-state index contributed by atoms with van der Waals surface area (Å²) in [6.45, 7) is 9.61. The van der Waals surface area contributed by atoms with E-state index < -0.39 is 0 Å². The summed E-state index contributed by atoms with van der Waals surface area (Å²) in [5, 5.41) is 0. The van der Waals surface area contributed by atoms with Gasteiger partial charge in [-0.15, -0.1) is 11.3 Å². The molecule has 1 aromatic carbocycles. The number of ether oxygens (including phenoxy) is 2. The molecule has 2 aliphatic heterocycles. The lowest BCUT2D eigenvalue weighted by Gasteiger charge is -2.28. The molecule has 6 rings (SSSR count). The molecule has 2 saturated heterocycles. The third kappa shape index (κ3) is 4.64. The highest BCUT2D eigenvalue weighted by Gasteiger charge is 2.23. The number of aromatic nitrogens is 4. The minimum absolute atomic E-state index is 0.235. The Balaban J connectivity index is 1.43. The highest BCUT2D eigenvalue weighted by Crippen LogP contribution is 2.42. The van der Waals surface area contributed by atoms with Crippen LogP contribution in [-0.4, -0.2) is 77.4 Å². The van der Waals surface area contributed by atoms with Gasteiger partial charge < -0.3 is 20.1 Å². The average molecular weight is 504 g/mol. The first kappa shape index (κ1) is 23.2. The van der Waals surface area contributed by atoms with E-state index >= 15 is 0 Å². The van der Waals surface area contributed by atoms with Crippen molar-refractivity contribution in [1.29, 1.82) is 0 Å². The second-order valence-corrected chi connectivity index (χ2v) is 10.1. The Morgan fingerprint density at radius 3 is 2.42 bits per heavy atom. The molecule has 4 aromatic rings. The normalized spacial score (nSPS) is 17.1. The van der Waals surface area contributed by atoms with Gasteiger partial charge in [0, 0.05) is 50.0 Å². The minimum atomic E-state index is 0.235. The number of nitrogens with two attached hydrogens (primary N) is 1. The predicted octanol–water partition coefficient (Wildman–Crippen LogP) is 3.37. The molecule has 10 heteroatoms. The Bertz CT molecular complexity index is 1360. The van der Waals surface area contributed by atoms with E-state index in [1.807, 2.05) is 0 Å². The van der Waals surface area contributed by atoms with E-state index in [1.165, 1.54) is 16.0 Å². The quantitative estimate of drug-likeness (QED) is 0.439. The number of aryl methyl sites for hydroxylation is 1. The minimum Gasteiger partial charge on any atom is -0.379 e. The second-order valence-electron chi connectivity index (χ2n) is 9.12. The highest BCUT2D eigenvalue weighted by molar-refractivity contribution is 7.23. The van der Waals surface area contributed by atoms with Crippen LogP contribution >= 0.6 is 11.3 Å². The highest BCUT2D eigenvalue weighted by atomic mass is 32.1. The summed E-state index contributed by atoms with van der Waals surface area (Å²) < 4.78 is 12.2. The van der Waals surface area contributed by atoms with Gasteiger partial charge >= 0.3 is 0 Å².